The van der Waals surface area contributed by atoms with Crippen molar-refractivity contribution in [2.75, 3.05) is 4.72 Å². The third-order valence-electron chi connectivity index (χ3n) is 1.94. The maximum absolute atomic E-state index is 11.9. The lowest BCUT2D eigenvalue weighted by Crippen LogP contribution is -2.12. The lowest BCUT2D eigenvalue weighted by atomic mass is 10.4. The zero-order valence-electron chi connectivity index (χ0n) is 8.84. The maximum atomic E-state index is 11.9. The van der Waals surface area contributed by atoms with E-state index < -0.39 is 10.0 Å². The lowest BCUT2D eigenvalue weighted by Gasteiger charge is -2.05. The van der Waals surface area contributed by atoms with Crippen LogP contribution in [0.25, 0.3) is 0 Å². The molecule has 0 aliphatic carbocycles. The van der Waals surface area contributed by atoms with Gasteiger partial charge in [0, 0.05) is 5.69 Å². The highest BCUT2D eigenvalue weighted by atomic mass is 35.5. The first-order valence-electron chi connectivity index (χ1n) is 4.69. The minimum atomic E-state index is -3.59. The van der Waals surface area contributed by atoms with Gasteiger partial charge in [-0.2, -0.15) is 0 Å². The largest absolute Gasteiger partial charge is 0.272 e. The second-order valence-corrected chi connectivity index (χ2v) is 6.95. The Bertz CT molecular complexity index is 637. The number of anilines is 1. The summed E-state index contributed by atoms with van der Waals surface area (Å²) < 4.78 is 26.9. The van der Waals surface area contributed by atoms with E-state index in [0.717, 1.165) is 17.0 Å². The van der Waals surface area contributed by atoms with Crippen LogP contribution >= 0.6 is 22.9 Å². The highest BCUT2D eigenvalue weighted by Crippen LogP contribution is 2.26. The third-order valence-corrected chi connectivity index (χ3v) is 5.02. The summed E-state index contributed by atoms with van der Waals surface area (Å²) in [5.74, 6) is 0.300. The Morgan fingerprint density at radius 2 is 2.06 bits per heavy atom. The molecule has 0 saturated carbocycles. The molecule has 0 aliphatic rings. The average Bonchev–Trinajstić information content (AvgIpc) is 2.65. The zero-order chi connectivity index (χ0) is 12.5. The normalized spacial score (nSPS) is 11.4. The Kier molecular flexibility index (Phi) is 3.37. The van der Waals surface area contributed by atoms with Crippen LogP contribution in [-0.4, -0.2) is 13.4 Å². The second-order valence-electron chi connectivity index (χ2n) is 3.33. The van der Waals surface area contributed by atoms with Crippen LogP contribution in [0.5, 0.6) is 0 Å². The van der Waals surface area contributed by atoms with Crippen LogP contribution in [0, 0.1) is 6.92 Å². The van der Waals surface area contributed by atoms with E-state index in [4.69, 9.17) is 11.6 Å². The monoisotopic (exact) mass is 288 g/mol. The highest BCUT2D eigenvalue weighted by molar-refractivity contribution is 7.94. The highest BCUT2D eigenvalue weighted by Gasteiger charge is 2.17. The molecule has 2 aromatic rings. The number of aryl methyl sites for hydroxylation is 1. The van der Waals surface area contributed by atoms with E-state index in [-0.39, 0.29) is 4.21 Å². The van der Waals surface area contributed by atoms with E-state index in [9.17, 15) is 8.42 Å². The summed E-state index contributed by atoms with van der Waals surface area (Å²) in [5, 5.41) is 0. The van der Waals surface area contributed by atoms with Crippen molar-refractivity contribution in [2.45, 2.75) is 11.1 Å². The van der Waals surface area contributed by atoms with Crippen molar-refractivity contribution in [1.82, 2.24) is 4.98 Å². The number of sulfonamides is 1. The summed E-state index contributed by atoms with van der Waals surface area (Å²) in [6.07, 6.45) is 0. The van der Waals surface area contributed by atoms with Gasteiger partial charge in [-0.05, 0) is 31.2 Å². The summed E-state index contributed by atoms with van der Waals surface area (Å²) in [6, 6.07) is 8.14. The Labute approximate surface area is 108 Å². The minimum Gasteiger partial charge on any atom is -0.263 e. The van der Waals surface area contributed by atoms with Crippen molar-refractivity contribution in [3.8, 4) is 0 Å². The topological polar surface area (TPSA) is 59.1 Å². The molecule has 1 N–H and O–H groups in total. The molecular formula is C10H9ClN2O2S2. The summed E-state index contributed by atoms with van der Waals surface area (Å²) in [4.78, 5) is 4.07. The van der Waals surface area contributed by atoms with Gasteiger partial charge in [-0.15, -0.1) is 11.3 Å². The van der Waals surface area contributed by atoms with Crippen molar-refractivity contribution in [2.24, 2.45) is 0 Å². The van der Waals surface area contributed by atoms with E-state index in [1.54, 1.807) is 31.2 Å². The Morgan fingerprint density at radius 1 is 1.29 bits per heavy atom. The second kappa shape index (κ2) is 4.64. The van der Waals surface area contributed by atoms with Gasteiger partial charge in [-0.25, -0.2) is 13.4 Å². The molecule has 0 aliphatic heterocycles. The number of hydrogen-bond donors (Lipinski definition) is 1. The molecule has 2 heterocycles. The molecule has 0 spiro atoms. The molecule has 17 heavy (non-hydrogen) atoms. The van der Waals surface area contributed by atoms with Gasteiger partial charge in [0.1, 0.15) is 10.0 Å². The summed E-state index contributed by atoms with van der Waals surface area (Å²) >= 11 is 6.71. The Balaban J connectivity index is 2.29. The Morgan fingerprint density at radius 3 is 2.65 bits per heavy atom. The molecule has 90 valence electrons. The van der Waals surface area contributed by atoms with Crippen LogP contribution in [0.4, 0.5) is 5.82 Å². The minimum absolute atomic E-state index is 0.172. The molecule has 0 saturated heterocycles. The van der Waals surface area contributed by atoms with E-state index >= 15 is 0 Å². The molecule has 0 bridgehead atoms. The van der Waals surface area contributed by atoms with Crippen LogP contribution in [0.15, 0.2) is 34.5 Å². The Hall–Kier alpha value is -1.11. The fourth-order valence-electron chi connectivity index (χ4n) is 1.23. The van der Waals surface area contributed by atoms with E-state index in [2.05, 4.69) is 9.71 Å². The third kappa shape index (κ3) is 2.96. The molecule has 0 atom stereocenters. The van der Waals surface area contributed by atoms with Gasteiger partial charge >= 0.3 is 0 Å². The summed E-state index contributed by atoms with van der Waals surface area (Å²) in [6.45, 7) is 1.79. The maximum Gasteiger partial charge on any atom is 0.272 e. The van der Waals surface area contributed by atoms with E-state index in [1.807, 2.05) is 0 Å². The quantitative estimate of drug-likeness (QED) is 0.945. The van der Waals surface area contributed by atoms with Crippen LogP contribution in [0.3, 0.4) is 0 Å². The zero-order valence-corrected chi connectivity index (χ0v) is 11.2. The van der Waals surface area contributed by atoms with Crippen LogP contribution in [0.1, 0.15) is 5.69 Å². The van der Waals surface area contributed by atoms with Crippen molar-refractivity contribution < 1.29 is 8.42 Å². The summed E-state index contributed by atoms with van der Waals surface area (Å²) in [7, 11) is -3.59. The van der Waals surface area contributed by atoms with Gasteiger partial charge in [0.05, 0.1) is 4.34 Å². The van der Waals surface area contributed by atoms with Gasteiger partial charge in [0.15, 0.2) is 0 Å². The number of aromatic nitrogens is 1. The molecule has 7 heteroatoms. The van der Waals surface area contributed by atoms with Gasteiger partial charge in [0.2, 0.25) is 0 Å². The predicted molar refractivity (Wildman–Crippen MR) is 69.1 cm³/mol. The fraction of sp³-hybridized carbons (Fsp3) is 0.100. The van der Waals surface area contributed by atoms with Gasteiger partial charge in [-0.3, -0.25) is 4.72 Å². The van der Waals surface area contributed by atoms with Crippen molar-refractivity contribution >= 4 is 38.8 Å². The predicted octanol–water partition coefficient (Wildman–Crippen LogP) is 2.91. The molecule has 0 fully saturated rings. The summed E-state index contributed by atoms with van der Waals surface area (Å²) in [5.41, 5.74) is 0.745. The standard InChI is InChI=1S/C10H9ClN2O2S2/c1-7-3-2-4-9(12-7)13-17(14,15)10-6-5-8(11)16-10/h2-6H,1H3,(H,12,13). The van der Waals surface area contributed by atoms with Gasteiger partial charge in [0.25, 0.3) is 10.0 Å². The van der Waals surface area contributed by atoms with Gasteiger partial charge < -0.3 is 0 Å². The lowest BCUT2D eigenvalue weighted by molar-refractivity contribution is 0.603. The van der Waals surface area contributed by atoms with Gasteiger partial charge in [-0.1, -0.05) is 17.7 Å². The number of hydrogen-bond acceptors (Lipinski definition) is 4. The van der Waals surface area contributed by atoms with Crippen molar-refractivity contribution in [3.63, 3.8) is 0 Å². The number of rotatable bonds is 3. The SMILES string of the molecule is Cc1cccc(NS(=O)(=O)c2ccc(Cl)s2)n1. The van der Waals surface area contributed by atoms with Crippen LogP contribution in [0.2, 0.25) is 4.34 Å². The van der Waals surface area contributed by atoms with Crippen molar-refractivity contribution in [3.05, 3.63) is 40.4 Å². The number of thiophene rings is 1. The number of halogens is 1. The first-order chi connectivity index (χ1) is 7.97. The molecule has 0 unspecified atom stereocenters. The number of pyridine rings is 1. The molecule has 0 amide bonds. The average molecular weight is 289 g/mol. The smallest absolute Gasteiger partial charge is 0.263 e. The molecule has 4 nitrogen and oxygen atoms in total. The first-order valence-corrected chi connectivity index (χ1v) is 7.37. The van der Waals surface area contributed by atoms with E-state index in [1.165, 1.54) is 6.07 Å². The van der Waals surface area contributed by atoms with Crippen LogP contribution < -0.4 is 4.72 Å². The van der Waals surface area contributed by atoms with Crippen molar-refractivity contribution in [1.29, 1.82) is 0 Å². The molecular weight excluding hydrogens is 280 g/mol. The molecule has 2 aromatic heterocycles. The molecule has 0 radical (unpaired) electrons. The fourth-order valence-corrected chi connectivity index (χ4v) is 3.71. The molecule has 2 rings (SSSR count). The first kappa shape index (κ1) is 12.3. The van der Waals surface area contributed by atoms with Crippen LogP contribution in [-0.2, 0) is 10.0 Å². The number of nitrogens with zero attached hydrogens (tertiary/aromatic N) is 1. The number of nitrogens with one attached hydrogen (secondary N) is 1. The van der Waals surface area contributed by atoms with E-state index in [0.29, 0.717) is 10.2 Å². The molecule has 0 aromatic carbocycles.